The Hall–Kier alpha value is -0.790. The Bertz CT molecular complexity index is 425. The molecule has 0 fully saturated rings. The lowest BCUT2D eigenvalue weighted by atomic mass is 10.2. The largest absolute Gasteiger partial charge is 0.462 e. The SMILES string of the molecule is CCOC(=O)c1sc(C(F)(F)CCOC)nc1Cl. The monoisotopic (exact) mass is 299 g/mol. The van der Waals surface area contributed by atoms with Gasteiger partial charge in [-0.15, -0.1) is 11.3 Å². The normalized spacial score (nSPS) is 11.6. The highest BCUT2D eigenvalue weighted by Gasteiger charge is 2.37. The third kappa shape index (κ3) is 3.60. The molecule has 0 saturated carbocycles. The minimum absolute atomic E-state index is 0.106. The Balaban J connectivity index is 2.92. The summed E-state index contributed by atoms with van der Waals surface area (Å²) in [5, 5.41) is -0.766. The van der Waals surface area contributed by atoms with Crippen molar-refractivity contribution in [1.82, 2.24) is 4.98 Å². The van der Waals surface area contributed by atoms with Crippen LogP contribution < -0.4 is 0 Å². The van der Waals surface area contributed by atoms with E-state index in [1.807, 2.05) is 0 Å². The van der Waals surface area contributed by atoms with E-state index < -0.39 is 23.3 Å². The molecule has 0 radical (unpaired) electrons. The zero-order valence-corrected chi connectivity index (χ0v) is 11.4. The van der Waals surface area contributed by atoms with Crippen LogP contribution in [0.3, 0.4) is 0 Å². The minimum atomic E-state index is -3.17. The van der Waals surface area contributed by atoms with Crippen molar-refractivity contribution in [3.8, 4) is 0 Å². The topological polar surface area (TPSA) is 48.4 Å². The van der Waals surface area contributed by atoms with Gasteiger partial charge in [0, 0.05) is 13.5 Å². The lowest BCUT2D eigenvalue weighted by molar-refractivity contribution is -0.0327. The molecule has 18 heavy (non-hydrogen) atoms. The molecule has 1 aromatic heterocycles. The number of esters is 1. The first-order chi connectivity index (χ1) is 8.42. The summed E-state index contributed by atoms with van der Waals surface area (Å²) in [5.74, 6) is -3.91. The number of rotatable bonds is 6. The van der Waals surface area contributed by atoms with E-state index in [0.717, 1.165) is 0 Å². The lowest BCUT2D eigenvalue weighted by Crippen LogP contribution is -2.15. The molecule has 0 unspecified atom stereocenters. The van der Waals surface area contributed by atoms with Crippen LogP contribution in [0.4, 0.5) is 8.78 Å². The predicted octanol–water partition coefficient (Wildman–Crippen LogP) is 3.10. The van der Waals surface area contributed by atoms with Crippen LogP contribution in [0.1, 0.15) is 28.0 Å². The third-order valence-corrected chi connectivity index (χ3v) is 3.51. The van der Waals surface area contributed by atoms with Crippen LogP contribution in [-0.4, -0.2) is 31.3 Å². The van der Waals surface area contributed by atoms with Crippen LogP contribution in [0, 0.1) is 0 Å². The molecule has 0 bridgehead atoms. The number of carbonyl (C=O) groups excluding carboxylic acids is 1. The summed E-state index contributed by atoms with van der Waals surface area (Å²) in [5.41, 5.74) is 0. The second-order valence-corrected chi connectivity index (χ2v) is 4.66. The minimum Gasteiger partial charge on any atom is -0.462 e. The van der Waals surface area contributed by atoms with E-state index >= 15 is 0 Å². The Morgan fingerprint density at radius 1 is 1.56 bits per heavy atom. The fourth-order valence-electron chi connectivity index (χ4n) is 1.12. The Kier molecular flexibility index (Phi) is 5.43. The van der Waals surface area contributed by atoms with Gasteiger partial charge in [-0.05, 0) is 6.92 Å². The molecule has 0 aliphatic heterocycles. The first kappa shape index (κ1) is 15.3. The number of hydrogen-bond donors (Lipinski definition) is 0. The van der Waals surface area contributed by atoms with E-state index in [0.29, 0.717) is 11.3 Å². The van der Waals surface area contributed by atoms with E-state index in [2.05, 4.69) is 9.72 Å². The summed E-state index contributed by atoms with van der Waals surface area (Å²) in [6.07, 6.45) is -0.518. The second-order valence-electron chi connectivity index (χ2n) is 3.31. The predicted molar refractivity (Wildman–Crippen MR) is 63.5 cm³/mol. The van der Waals surface area contributed by atoms with Gasteiger partial charge >= 0.3 is 11.9 Å². The average molecular weight is 300 g/mol. The van der Waals surface area contributed by atoms with Gasteiger partial charge in [-0.1, -0.05) is 11.6 Å². The van der Waals surface area contributed by atoms with Crippen molar-refractivity contribution in [2.45, 2.75) is 19.3 Å². The first-order valence-electron chi connectivity index (χ1n) is 5.13. The van der Waals surface area contributed by atoms with Gasteiger partial charge in [0.15, 0.2) is 15.0 Å². The van der Waals surface area contributed by atoms with Crippen LogP contribution in [0.15, 0.2) is 0 Å². The number of alkyl halides is 2. The smallest absolute Gasteiger partial charge is 0.351 e. The number of aromatic nitrogens is 1. The van der Waals surface area contributed by atoms with E-state index in [9.17, 15) is 13.6 Å². The lowest BCUT2D eigenvalue weighted by Gasteiger charge is -2.11. The third-order valence-electron chi connectivity index (χ3n) is 1.98. The number of thiazole rings is 1. The van der Waals surface area contributed by atoms with Crippen LogP contribution in [0.5, 0.6) is 0 Å². The average Bonchev–Trinajstić information content (AvgIpc) is 2.70. The molecule has 1 rings (SSSR count). The van der Waals surface area contributed by atoms with Gasteiger partial charge in [-0.2, -0.15) is 8.78 Å². The number of halogens is 3. The van der Waals surface area contributed by atoms with Gasteiger partial charge in [-0.3, -0.25) is 0 Å². The van der Waals surface area contributed by atoms with Crippen LogP contribution in [0.25, 0.3) is 0 Å². The van der Waals surface area contributed by atoms with E-state index in [1.54, 1.807) is 6.92 Å². The Labute approximate surface area is 112 Å². The number of ether oxygens (including phenoxy) is 2. The zero-order valence-electron chi connectivity index (χ0n) is 9.84. The van der Waals surface area contributed by atoms with Gasteiger partial charge in [0.1, 0.15) is 0 Å². The molecule has 0 aliphatic carbocycles. The van der Waals surface area contributed by atoms with Crippen molar-refractivity contribution < 1.29 is 23.0 Å². The Morgan fingerprint density at radius 3 is 2.78 bits per heavy atom. The molecule has 8 heteroatoms. The van der Waals surface area contributed by atoms with E-state index in [-0.39, 0.29) is 23.2 Å². The molecular formula is C10H12ClF2NO3S. The van der Waals surface area contributed by atoms with Gasteiger partial charge in [0.2, 0.25) is 0 Å². The highest BCUT2D eigenvalue weighted by atomic mass is 35.5. The highest BCUT2D eigenvalue weighted by Crippen LogP contribution is 2.37. The molecule has 0 aliphatic rings. The first-order valence-corrected chi connectivity index (χ1v) is 6.32. The fraction of sp³-hybridized carbons (Fsp3) is 0.600. The van der Waals surface area contributed by atoms with Gasteiger partial charge in [0.05, 0.1) is 13.2 Å². The molecule has 0 atom stereocenters. The summed E-state index contributed by atoms with van der Waals surface area (Å²) in [6, 6.07) is 0. The standard InChI is InChI=1S/C10H12ClF2NO3S/c1-3-17-8(15)6-7(11)14-9(18-6)10(12,13)4-5-16-2/h3-5H2,1-2H3. The highest BCUT2D eigenvalue weighted by molar-refractivity contribution is 7.14. The maximum atomic E-state index is 13.6. The fourth-order valence-corrected chi connectivity index (χ4v) is 2.30. The molecule has 0 aromatic carbocycles. The van der Waals surface area contributed by atoms with Crippen LogP contribution >= 0.6 is 22.9 Å². The molecular weight excluding hydrogens is 288 g/mol. The molecule has 0 N–H and O–H groups in total. The quantitative estimate of drug-likeness (QED) is 0.757. The summed E-state index contributed by atoms with van der Waals surface area (Å²) >= 11 is 6.19. The summed E-state index contributed by atoms with van der Waals surface area (Å²) < 4.78 is 36.6. The van der Waals surface area contributed by atoms with Crippen molar-refractivity contribution in [3.05, 3.63) is 15.0 Å². The van der Waals surface area contributed by atoms with Crippen molar-refractivity contribution >= 4 is 28.9 Å². The maximum Gasteiger partial charge on any atom is 0.351 e. The number of carbonyl (C=O) groups is 1. The number of methoxy groups -OCH3 is 1. The van der Waals surface area contributed by atoms with Crippen molar-refractivity contribution in [1.29, 1.82) is 0 Å². The summed E-state index contributed by atoms with van der Waals surface area (Å²) in [6.45, 7) is 1.64. The van der Waals surface area contributed by atoms with Crippen molar-refractivity contribution in [2.75, 3.05) is 20.3 Å². The van der Waals surface area contributed by atoms with E-state index in [1.165, 1.54) is 7.11 Å². The van der Waals surface area contributed by atoms with Crippen molar-refractivity contribution in [2.24, 2.45) is 0 Å². The molecule has 4 nitrogen and oxygen atoms in total. The maximum absolute atomic E-state index is 13.6. The summed E-state index contributed by atoms with van der Waals surface area (Å²) in [7, 11) is 1.33. The summed E-state index contributed by atoms with van der Waals surface area (Å²) in [4.78, 5) is 14.8. The van der Waals surface area contributed by atoms with Gasteiger partial charge in [0.25, 0.3) is 0 Å². The number of hydrogen-bond acceptors (Lipinski definition) is 5. The van der Waals surface area contributed by atoms with Crippen molar-refractivity contribution in [3.63, 3.8) is 0 Å². The molecule has 102 valence electrons. The zero-order chi connectivity index (χ0) is 13.8. The van der Waals surface area contributed by atoms with Gasteiger partial charge < -0.3 is 9.47 Å². The van der Waals surface area contributed by atoms with Gasteiger partial charge in [-0.25, -0.2) is 9.78 Å². The molecule has 0 spiro atoms. The molecule has 1 heterocycles. The molecule has 0 amide bonds. The van der Waals surface area contributed by atoms with E-state index in [4.69, 9.17) is 16.3 Å². The van der Waals surface area contributed by atoms with Crippen LogP contribution in [-0.2, 0) is 15.4 Å². The molecule has 0 saturated heterocycles. The second kappa shape index (κ2) is 6.40. The molecule has 1 aromatic rings. The number of nitrogens with zero attached hydrogens (tertiary/aromatic N) is 1. The Morgan fingerprint density at radius 2 is 2.22 bits per heavy atom. The van der Waals surface area contributed by atoms with Crippen LogP contribution in [0.2, 0.25) is 5.15 Å².